The summed E-state index contributed by atoms with van der Waals surface area (Å²) in [5, 5.41) is 0. The third-order valence-electron chi connectivity index (χ3n) is 4.33. The molecule has 0 fully saturated rings. The van der Waals surface area contributed by atoms with Crippen molar-refractivity contribution in [2.45, 2.75) is 58.4 Å². The monoisotopic (exact) mass is 259 g/mol. The van der Waals surface area contributed by atoms with Gasteiger partial charge in [0.1, 0.15) is 0 Å². The van der Waals surface area contributed by atoms with Gasteiger partial charge in [0.25, 0.3) is 0 Å². The minimum Gasteiger partial charge on any atom is -0.296 e. The van der Waals surface area contributed by atoms with Gasteiger partial charge in [0, 0.05) is 6.04 Å². The van der Waals surface area contributed by atoms with Crippen LogP contribution in [0.25, 0.3) is 0 Å². The van der Waals surface area contributed by atoms with Crippen LogP contribution in [-0.4, -0.2) is 24.0 Å². The lowest BCUT2D eigenvalue weighted by Gasteiger charge is -2.35. The fourth-order valence-corrected chi connectivity index (χ4v) is 3.42. The Labute approximate surface area is 119 Å². The molecular weight excluding hydrogens is 230 g/mol. The Morgan fingerprint density at radius 1 is 1.00 bits per heavy atom. The first-order valence-electron chi connectivity index (χ1n) is 8.09. The van der Waals surface area contributed by atoms with E-state index in [2.05, 4.69) is 49.1 Å². The Balaban J connectivity index is 1.99. The third kappa shape index (κ3) is 4.07. The molecule has 0 amide bonds. The van der Waals surface area contributed by atoms with E-state index in [1.807, 2.05) is 0 Å². The Bertz CT molecular complexity index is 337. The maximum absolute atomic E-state index is 2.71. The lowest BCUT2D eigenvalue weighted by Crippen LogP contribution is -2.38. The summed E-state index contributed by atoms with van der Waals surface area (Å²) in [5.41, 5.74) is 1.68. The van der Waals surface area contributed by atoms with Crippen molar-refractivity contribution < 1.29 is 0 Å². The smallest absolute Gasteiger partial charge is 0.0345 e. The molecule has 0 bridgehead atoms. The van der Waals surface area contributed by atoms with Crippen LogP contribution in [0.5, 0.6) is 0 Å². The van der Waals surface area contributed by atoms with Crippen LogP contribution >= 0.6 is 0 Å². The summed E-state index contributed by atoms with van der Waals surface area (Å²) < 4.78 is 0. The Hall–Kier alpha value is -0.820. The topological polar surface area (TPSA) is 3.24 Å². The van der Waals surface area contributed by atoms with E-state index in [0.29, 0.717) is 6.04 Å². The van der Waals surface area contributed by atoms with E-state index in [1.165, 1.54) is 51.6 Å². The van der Waals surface area contributed by atoms with Gasteiger partial charge in [-0.3, -0.25) is 4.90 Å². The van der Waals surface area contributed by atoms with Crippen LogP contribution in [0, 0.1) is 5.92 Å². The fourth-order valence-electron chi connectivity index (χ4n) is 3.42. The van der Waals surface area contributed by atoms with Crippen molar-refractivity contribution >= 4 is 0 Å². The summed E-state index contributed by atoms with van der Waals surface area (Å²) in [6, 6.07) is 0.672. The summed E-state index contributed by atoms with van der Waals surface area (Å²) in [6.07, 6.45) is 19.3. The highest BCUT2D eigenvalue weighted by molar-refractivity contribution is 5.25. The van der Waals surface area contributed by atoms with E-state index in [0.717, 1.165) is 5.92 Å². The number of hydrogen-bond donors (Lipinski definition) is 0. The minimum absolute atomic E-state index is 0.672. The highest BCUT2D eigenvalue weighted by atomic mass is 15.1. The van der Waals surface area contributed by atoms with Crippen LogP contribution in [0.15, 0.2) is 36.0 Å². The van der Waals surface area contributed by atoms with Gasteiger partial charge in [-0.2, -0.15) is 0 Å². The average molecular weight is 259 g/mol. The second kappa shape index (κ2) is 7.69. The Morgan fingerprint density at radius 2 is 1.68 bits per heavy atom. The standard InChI is InChI=1S/C18H29N/c1-3-13-19(14-4-2)18-12-8-7-11-17(18)15-16-9-5-6-10-16/h5-8,11,16,18H,3-4,9-10,12-15H2,1-2H3. The molecular formula is C18H29N. The van der Waals surface area contributed by atoms with Crippen molar-refractivity contribution in [1.29, 1.82) is 0 Å². The quantitative estimate of drug-likeness (QED) is 0.598. The van der Waals surface area contributed by atoms with Gasteiger partial charge in [0.15, 0.2) is 0 Å². The zero-order valence-electron chi connectivity index (χ0n) is 12.6. The molecule has 0 radical (unpaired) electrons. The Morgan fingerprint density at radius 3 is 2.32 bits per heavy atom. The summed E-state index contributed by atoms with van der Waals surface area (Å²) in [5.74, 6) is 0.866. The molecule has 2 aliphatic rings. The first-order chi connectivity index (χ1) is 9.35. The molecule has 1 nitrogen and oxygen atoms in total. The molecule has 0 aromatic rings. The van der Waals surface area contributed by atoms with Crippen LogP contribution < -0.4 is 0 Å². The van der Waals surface area contributed by atoms with Gasteiger partial charge in [0.05, 0.1) is 0 Å². The van der Waals surface area contributed by atoms with Gasteiger partial charge in [-0.15, -0.1) is 0 Å². The van der Waals surface area contributed by atoms with Crippen LogP contribution in [-0.2, 0) is 0 Å². The van der Waals surface area contributed by atoms with Crippen molar-refractivity contribution in [2.75, 3.05) is 13.1 Å². The summed E-state index contributed by atoms with van der Waals surface area (Å²) in [4.78, 5) is 2.71. The molecule has 0 spiro atoms. The first-order valence-corrected chi connectivity index (χ1v) is 8.09. The lowest BCUT2D eigenvalue weighted by atomic mass is 9.88. The average Bonchev–Trinajstić information content (AvgIpc) is 2.92. The third-order valence-corrected chi connectivity index (χ3v) is 4.33. The second-order valence-corrected chi connectivity index (χ2v) is 5.97. The van der Waals surface area contributed by atoms with Crippen molar-refractivity contribution in [1.82, 2.24) is 4.90 Å². The second-order valence-electron chi connectivity index (χ2n) is 5.97. The van der Waals surface area contributed by atoms with Crippen LogP contribution in [0.2, 0.25) is 0 Å². The predicted octanol–water partition coefficient (Wildman–Crippen LogP) is 4.72. The zero-order chi connectivity index (χ0) is 13.5. The lowest BCUT2D eigenvalue weighted by molar-refractivity contribution is 0.214. The van der Waals surface area contributed by atoms with Crippen molar-refractivity contribution in [2.24, 2.45) is 5.92 Å². The molecule has 19 heavy (non-hydrogen) atoms. The van der Waals surface area contributed by atoms with Gasteiger partial charge in [-0.05, 0) is 57.5 Å². The Kier molecular flexibility index (Phi) is 5.91. The van der Waals surface area contributed by atoms with Crippen molar-refractivity contribution in [3.63, 3.8) is 0 Å². The highest BCUT2D eigenvalue weighted by Crippen LogP contribution is 2.31. The van der Waals surface area contributed by atoms with E-state index in [9.17, 15) is 0 Å². The molecule has 0 heterocycles. The van der Waals surface area contributed by atoms with E-state index >= 15 is 0 Å². The largest absolute Gasteiger partial charge is 0.296 e. The number of nitrogens with zero attached hydrogens (tertiary/aromatic N) is 1. The normalized spacial score (nSPS) is 23.3. The molecule has 0 saturated carbocycles. The maximum atomic E-state index is 2.71. The summed E-state index contributed by atoms with van der Waals surface area (Å²) in [7, 11) is 0. The van der Waals surface area contributed by atoms with Crippen LogP contribution in [0.4, 0.5) is 0 Å². The molecule has 0 saturated heterocycles. The zero-order valence-corrected chi connectivity index (χ0v) is 12.6. The van der Waals surface area contributed by atoms with Gasteiger partial charge in [0.2, 0.25) is 0 Å². The van der Waals surface area contributed by atoms with Crippen LogP contribution in [0.1, 0.15) is 52.4 Å². The molecule has 0 aromatic carbocycles. The predicted molar refractivity (Wildman–Crippen MR) is 84.3 cm³/mol. The van der Waals surface area contributed by atoms with Crippen molar-refractivity contribution in [3.05, 3.63) is 36.0 Å². The summed E-state index contributed by atoms with van der Waals surface area (Å²) >= 11 is 0. The molecule has 0 aliphatic heterocycles. The molecule has 1 heteroatoms. The van der Waals surface area contributed by atoms with Gasteiger partial charge in [-0.1, -0.05) is 49.8 Å². The minimum atomic E-state index is 0.672. The molecule has 2 rings (SSSR count). The molecule has 1 atom stereocenters. The number of hydrogen-bond acceptors (Lipinski definition) is 1. The molecule has 0 aromatic heterocycles. The van der Waals surface area contributed by atoms with E-state index < -0.39 is 0 Å². The number of rotatable bonds is 7. The number of allylic oxidation sites excluding steroid dienone is 4. The van der Waals surface area contributed by atoms with E-state index in [4.69, 9.17) is 0 Å². The SMILES string of the molecule is CCCN(CCC)C1CC=CC=C1CC1CC=CC1. The van der Waals surface area contributed by atoms with Crippen molar-refractivity contribution in [3.8, 4) is 0 Å². The highest BCUT2D eigenvalue weighted by Gasteiger charge is 2.24. The molecule has 106 valence electrons. The first kappa shape index (κ1) is 14.6. The maximum Gasteiger partial charge on any atom is 0.0345 e. The molecule has 1 unspecified atom stereocenters. The van der Waals surface area contributed by atoms with Gasteiger partial charge in [-0.25, -0.2) is 0 Å². The molecule has 2 aliphatic carbocycles. The fraction of sp³-hybridized carbons (Fsp3) is 0.667. The van der Waals surface area contributed by atoms with E-state index in [1.54, 1.807) is 5.57 Å². The summed E-state index contributed by atoms with van der Waals surface area (Å²) in [6.45, 7) is 7.08. The van der Waals surface area contributed by atoms with E-state index in [-0.39, 0.29) is 0 Å². The van der Waals surface area contributed by atoms with Crippen LogP contribution in [0.3, 0.4) is 0 Å². The van der Waals surface area contributed by atoms with Gasteiger partial charge >= 0.3 is 0 Å². The van der Waals surface area contributed by atoms with Gasteiger partial charge < -0.3 is 0 Å². The molecule has 0 N–H and O–H groups in total.